The summed E-state index contributed by atoms with van der Waals surface area (Å²) in [4.78, 5) is 23.3. The zero-order valence-electron chi connectivity index (χ0n) is 18.5. The largest absolute Gasteiger partial charge is 0.469 e. The molecule has 168 valence electrons. The van der Waals surface area contributed by atoms with Crippen LogP contribution in [0.4, 0.5) is 0 Å². The Morgan fingerprint density at radius 1 is 1.07 bits per heavy atom. The van der Waals surface area contributed by atoms with Crippen LogP contribution in [-0.2, 0) is 22.6 Å². The number of halogens is 1. The van der Waals surface area contributed by atoms with E-state index in [1.54, 1.807) is 0 Å². The molecule has 2 fully saturated rings. The Kier molecular flexibility index (Phi) is 10.3. The third kappa shape index (κ3) is 7.09. The van der Waals surface area contributed by atoms with Crippen molar-refractivity contribution < 1.29 is 9.53 Å². The van der Waals surface area contributed by atoms with Gasteiger partial charge in [0.25, 0.3) is 0 Å². The fourth-order valence-electron chi connectivity index (χ4n) is 4.03. The number of hydrogen-bond donors (Lipinski definition) is 1. The van der Waals surface area contributed by atoms with Crippen molar-refractivity contribution in [2.75, 3.05) is 60.5 Å². The van der Waals surface area contributed by atoms with E-state index in [1.165, 1.54) is 18.2 Å². The Labute approximate surface area is 197 Å². The van der Waals surface area contributed by atoms with E-state index >= 15 is 0 Å². The molecule has 7 nitrogen and oxygen atoms in total. The van der Waals surface area contributed by atoms with Gasteiger partial charge in [-0.05, 0) is 31.0 Å². The number of nitrogens with one attached hydrogen (secondary N) is 1. The summed E-state index contributed by atoms with van der Waals surface area (Å²) in [6.07, 6.45) is 1.63. The molecule has 1 N–H and O–H groups in total. The third-order valence-corrected chi connectivity index (χ3v) is 6.02. The standard InChI is InChI=1S/C22H35N5O2.HI/c1-23-22(27-10-8-20(9-11-27)21(28)29-3)24-16-18-4-6-19(7-5-18)17-26-14-12-25(2)13-15-26;/h4-7,20H,8-17H2,1-3H3,(H,23,24);1H. The minimum absolute atomic E-state index is 0. The van der Waals surface area contributed by atoms with Crippen LogP contribution in [-0.4, -0.2) is 87.1 Å². The van der Waals surface area contributed by atoms with Crippen molar-refractivity contribution in [3.05, 3.63) is 35.4 Å². The lowest BCUT2D eigenvalue weighted by Crippen LogP contribution is -2.46. The molecular formula is C22H36IN5O2. The second-order valence-electron chi connectivity index (χ2n) is 8.08. The Balaban J connectivity index is 0.00000320. The lowest BCUT2D eigenvalue weighted by molar-refractivity contribution is -0.146. The normalized spacial score (nSPS) is 19.3. The second-order valence-corrected chi connectivity index (χ2v) is 8.08. The van der Waals surface area contributed by atoms with Gasteiger partial charge in [-0.15, -0.1) is 24.0 Å². The molecule has 2 heterocycles. The second kappa shape index (κ2) is 12.5. The smallest absolute Gasteiger partial charge is 0.308 e. The minimum atomic E-state index is -0.0933. The average Bonchev–Trinajstić information content (AvgIpc) is 2.77. The molecule has 2 aliphatic heterocycles. The number of guanidine groups is 1. The first-order valence-corrected chi connectivity index (χ1v) is 10.6. The Morgan fingerprint density at radius 2 is 1.67 bits per heavy atom. The van der Waals surface area contributed by atoms with Gasteiger partial charge < -0.3 is 19.9 Å². The van der Waals surface area contributed by atoms with Crippen molar-refractivity contribution in [2.45, 2.75) is 25.9 Å². The van der Waals surface area contributed by atoms with E-state index in [0.29, 0.717) is 0 Å². The number of esters is 1. The molecule has 8 heteroatoms. The summed E-state index contributed by atoms with van der Waals surface area (Å²) in [5.41, 5.74) is 2.62. The van der Waals surface area contributed by atoms with Gasteiger partial charge in [-0.25, -0.2) is 0 Å². The lowest BCUT2D eigenvalue weighted by Gasteiger charge is -2.33. The number of rotatable bonds is 5. The van der Waals surface area contributed by atoms with Crippen LogP contribution in [0, 0.1) is 5.92 Å². The number of piperazine rings is 1. The first kappa shape index (κ1) is 24.9. The molecule has 0 spiro atoms. The van der Waals surface area contributed by atoms with Crippen molar-refractivity contribution in [3.63, 3.8) is 0 Å². The number of hydrogen-bond acceptors (Lipinski definition) is 5. The summed E-state index contributed by atoms with van der Waals surface area (Å²) in [6.45, 7) is 8.01. The van der Waals surface area contributed by atoms with Gasteiger partial charge in [0, 0.05) is 59.4 Å². The predicted octanol–water partition coefficient (Wildman–Crippen LogP) is 2.01. The van der Waals surface area contributed by atoms with Gasteiger partial charge in [0.15, 0.2) is 5.96 Å². The van der Waals surface area contributed by atoms with E-state index in [9.17, 15) is 4.79 Å². The molecule has 0 unspecified atom stereocenters. The van der Waals surface area contributed by atoms with Crippen molar-refractivity contribution in [2.24, 2.45) is 10.9 Å². The van der Waals surface area contributed by atoms with Crippen molar-refractivity contribution in [1.29, 1.82) is 0 Å². The molecule has 0 aliphatic carbocycles. The van der Waals surface area contributed by atoms with Crippen LogP contribution >= 0.6 is 24.0 Å². The summed E-state index contributed by atoms with van der Waals surface area (Å²) in [5.74, 6) is 0.821. The summed E-state index contributed by atoms with van der Waals surface area (Å²) < 4.78 is 4.87. The number of carbonyl (C=O) groups is 1. The Hall–Kier alpha value is -1.39. The number of likely N-dealkylation sites (tertiary alicyclic amines) is 1. The Morgan fingerprint density at radius 3 is 2.23 bits per heavy atom. The number of methoxy groups -OCH3 is 1. The fraction of sp³-hybridized carbons (Fsp3) is 0.636. The minimum Gasteiger partial charge on any atom is -0.469 e. The van der Waals surface area contributed by atoms with E-state index < -0.39 is 0 Å². The number of nitrogens with zero attached hydrogens (tertiary/aromatic N) is 4. The maximum Gasteiger partial charge on any atom is 0.308 e. The molecule has 2 aliphatic rings. The highest BCUT2D eigenvalue weighted by Gasteiger charge is 2.26. The van der Waals surface area contributed by atoms with Crippen LogP contribution in [0.25, 0.3) is 0 Å². The summed E-state index contributed by atoms with van der Waals surface area (Å²) in [5, 5.41) is 3.46. The molecule has 0 atom stereocenters. The molecule has 3 rings (SSSR count). The Bertz CT molecular complexity index is 681. The van der Waals surface area contributed by atoms with Gasteiger partial charge in [0.2, 0.25) is 0 Å². The van der Waals surface area contributed by atoms with E-state index in [2.05, 4.69) is 56.3 Å². The summed E-state index contributed by atoms with van der Waals surface area (Å²) in [6, 6.07) is 8.88. The molecule has 1 aromatic carbocycles. The van der Waals surface area contributed by atoms with Gasteiger partial charge in [0.05, 0.1) is 13.0 Å². The van der Waals surface area contributed by atoms with E-state index in [4.69, 9.17) is 4.74 Å². The van der Waals surface area contributed by atoms with Gasteiger partial charge >= 0.3 is 5.97 Å². The number of carbonyl (C=O) groups excluding carboxylic acids is 1. The van der Waals surface area contributed by atoms with Gasteiger partial charge in [0.1, 0.15) is 0 Å². The first-order valence-electron chi connectivity index (χ1n) is 10.6. The topological polar surface area (TPSA) is 60.4 Å². The van der Waals surface area contributed by atoms with Crippen LogP contribution in [0.2, 0.25) is 0 Å². The lowest BCUT2D eigenvalue weighted by atomic mass is 9.97. The zero-order valence-corrected chi connectivity index (χ0v) is 20.8. The summed E-state index contributed by atoms with van der Waals surface area (Å²) >= 11 is 0. The third-order valence-electron chi connectivity index (χ3n) is 6.02. The molecule has 0 aromatic heterocycles. The number of aliphatic imine (C=N–C) groups is 1. The number of ether oxygens (including phenoxy) is 1. The molecule has 0 amide bonds. The van der Waals surface area contributed by atoms with Crippen molar-refractivity contribution in [3.8, 4) is 0 Å². The SMILES string of the molecule is CN=C(NCc1ccc(CN2CCN(C)CC2)cc1)N1CCC(C(=O)OC)CC1.I. The molecule has 0 bridgehead atoms. The van der Waals surface area contributed by atoms with E-state index in [1.807, 2.05) is 7.05 Å². The first-order chi connectivity index (χ1) is 14.1. The monoisotopic (exact) mass is 529 g/mol. The van der Waals surface area contributed by atoms with E-state index in [0.717, 1.165) is 71.2 Å². The molecule has 30 heavy (non-hydrogen) atoms. The maximum absolute atomic E-state index is 11.7. The van der Waals surface area contributed by atoms with Gasteiger partial charge in [-0.2, -0.15) is 0 Å². The maximum atomic E-state index is 11.7. The number of likely N-dealkylation sites (N-methyl/N-ethyl adjacent to an activating group) is 1. The highest BCUT2D eigenvalue weighted by molar-refractivity contribution is 14.0. The van der Waals surface area contributed by atoms with Crippen LogP contribution < -0.4 is 5.32 Å². The average molecular weight is 529 g/mol. The van der Waals surface area contributed by atoms with Crippen LogP contribution in [0.1, 0.15) is 24.0 Å². The molecule has 0 radical (unpaired) electrons. The van der Waals surface area contributed by atoms with Gasteiger partial charge in [-0.1, -0.05) is 24.3 Å². The highest BCUT2D eigenvalue weighted by Crippen LogP contribution is 2.18. The molecule has 2 saturated heterocycles. The fourth-order valence-corrected chi connectivity index (χ4v) is 4.03. The van der Waals surface area contributed by atoms with Crippen molar-refractivity contribution in [1.82, 2.24) is 20.0 Å². The van der Waals surface area contributed by atoms with Gasteiger partial charge in [-0.3, -0.25) is 14.7 Å². The number of benzene rings is 1. The van der Waals surface area contributed by atoms with Crippen LogP contribution in [0.3, 0.4) is 0 Å². The predicted molar refractivity (Wildman–Crippen MR) is 131 cm³/mol. The van der Waals surface area contributed by atoms with Crippen LogP contribution in [0.15, 0.2) is 29.3 Å². The van der Waals surface area contributed by atoms with Crippen molar-refractivity contribution >= 4 is 35.9 Å². The van der Waals surface area contributed by atoms with E-state index in [-0.39, 0.29) is 35.9 Å². The quantitative estimate of drug-likeness (QED) is 0.273. The van der Waals surface area contributed by atoms with Crippen LogP contribution in [0.5, 0.6) is 0 Å². The number of piperidine rings is 1. The molecule has 0 saturated carbocycles. The summed E-state index contributed by atoms with van der Waals surface area (Å²) in [7, 11) is 5.47. The highest BCUT2D eigenvalue weighted by atomic mass is 127. The molecule has 1 aromatic rings. The zero-order chi connectivity index (χ0) is 20.6. The molecular weight excluding hydrogens is 493 g/mol.